The van der Waals surface area contributed by atoms with Crippen LogP contribution in [-0.4, -0.2) is 80.2 Å². The number of hydrogen-bond acceptors (Lipinski definition) is 5. The van der Waals surface area contributed by atoms with E-state index in [1.807, 2.05) is 44.2 Å². The van der Waals surface area contributed by atoms with E-state index in [-0.39, 0.29) is 42.2 Å². The Bertz CT molecular complexity index is 610. The van der Waals surface area contributed by atoms with Gasteiger partial charge in [-0.25, -0.2) is 0 Å². The zero-order chi connectivity index (χ0) is 21.1. The summed E-state index contributed by atoms with van der Waals surface area (Å²) in [6.45, 7) is 13.9. The van der Waals surface area contributed by atoms with Gasteiger partial charge in [0.15, 0.2) is 5.96 Å². The molecule has 1 aromatic carbocycles. The lowest BCUT2D eigenvalue weighted by atomic mass is 10.0. The largest absolute Gasteiger partial charge is 0.389 e. The molecule has 1 aliphatic rings. The maximum absolute atomic E-state index is 10.3. The van der Waals surface area contributed by atoms with Crippen LogP contribution in [0, 0.1) is 0 Å². The lowest BCUT2D eigenvalue weighted by Crippen LogP contribution is -2.52. The van der Waals surface area contributed by atoms with Crippen molar-refractivity contribution in [2.75, 3.05) is 52.5 Å². The van der Waals surface area contributed by atoms with Gasteiger partial charge in [-0.15, -0.1) is 24.0 Å². The molecule has 0 aliphatic carbocycles. The van der Waals surface area contributed by atoms with Gasteiger partial charge in [0.05, 0.1) is 38.6 Å². The minimum Gasteiger partial charge on any atom is -0.389 e. The molecular weight excluding hydrogens is 495 g/mol. The first kappa shape index (κ1) is 27.1. The summed E-state index contributed by atoms with van der Waals surface area (Å²) < 4.78 is 11.3. The molecule has 2 unspecified atom stereocenters. The van der Waals surface area contributed by atoms with Crippen molar-refractivity contribution in [3.05, 3.63) is 35.9 Å². The number of ether oxygens (including phenoxy) is 2. The van der Waals surface area contributed by atoms with Crippen molar-refractivity contribution in [1.29, 1.82) is 0 Å². The molecule has 2 atom stereocenters. The number of rotatable bonds is 10. The van der Waals surface area contributed by atoms with E-state index in [2.05, 4.69) is 29.4 Å². The molecule has 172 valence electrons. The van der Waals surface area contributed by atoms with Crippen molar-refractivity contribution in [1.82, 2.24) is 15.5 Å². The Morgan fingerprint density at radius 2 is 1.90 bits per heavy atom. The van der Waals surface area contributed by atoms with Crippen LogP contribution in [0.2, 0.25) is 0 Å². The fraction of sp³-hybridized carbons (Fsp3) is 0.682. The SMILES string of the molecule is CCNC(=NCC(C)(C)N1CCOCC1)NCC(O)COC(C)c1ccccc1.I. The highest BCUT2D eigenvalue weighted by atomic mass is 127. The van der Waals surface area contributed by atoms with Crippen LogP contribution in [-0.2, 0) is 9.47 Å². The molecule has 30 heavy (non-hydrogen) atoms. The topological polar surface area (TPSA) is 78.4 Å². The number of halogens is 1. The molecule has 0 amide bonds. The molecule has 0 bridgehead atoms. The molecule has 0 aromatic heterocycles. The number of benzene rings is 1. The average molecular weight is 534 g/mol. The van der Waals surface area contributed by atoms with Crippen LogP contribution in [0.3, 0.4) is 0 Å². The third-order valence-corrected chi connectivity index (χ3v) is 5.15. The Kier molecular flexibility index (Phi) is 12.8. The summed E-state index contributed by atoms with van der Waals surface area (Å²) in [5.74, 6) is 0.712. The van der Waals surface area contributed by atoms with E-state index < -0.39 is 6.10 Å². The fourth-order valence-corrected chi connectivity index (χ4v) is 3.23. The third-order valence-electron chi connectivity index (χ3n) is 5.15. The van der Waals surface area contributed by atoms with Crippen molar-refractivity contribution >= 4 is 29.9 Å². The number of nitrogens with one attached hydrogen (secondary N) is 2. The number of aliphatic hydroxyl groups excluding tert-OH is 1. The van der Waals surface area contributed by atoms with Crippen molar-refractivity contribution < 1.29 is 14.6 Å². The summed E-state index contributed by atoms with van der Waals surface area (Å²) in [6, 6.07) is 10.0. The first-order chi connectivity index (χ1) is 13.9. The van der Waals surface area contributed by atoms with E-state index in [0.29, 0.717) is 19.0 Å². The van der Waals surface area contributed by atoms with Gasteiger partial charge in [0.2, 0.25) is 0 Å². The Morgan fingerprint density at radius 3 is 2.53 bits per heavy atom. The van der Waals surface area contributed by atoms with E-state index in [1.54, 1.807) is 0 Å². The predicted octanol–water partition coefficient (Wildman–Crippen LogP) is 2.41. The van der Waals surface area contributed by atoms with Crippen molar-refractivity contribution in [3.8, 4) is 0 Å². The Hall–Kier alpha value is -0.940. The van der Waals surface area contributed by atoms with Crippen LogP contribution in [0.5, 0.6) is 0 Å². The van der Waals surface area contributed by atoms with E-state index in [9.17, 15) is 5.11 Å². The molecule has 1 saturated heterocycles. The molecule has 0 radical (unpaired) electrons. The Balaban J connectivity index is 0.00000450. The van der Waals surface area contributed by atoms with Crippen LogP contribution < -0.4 is 10.6 Å². The number of hydrogen-bond donors (Lipinski definition) is 3. The summed E-state index contributed by atoms with van der Waals surface area (Å²) in [5.41, 5.74) is 1.06. The smallest absolute Gasteiger partial charge is 0.191 e. The minimum atomic E-state index is -0.614. The number of nitrogens with zero attached hydrogens (tertiary/aromatic N) is 2. The molecule has 0 saturated carbocycles. The second kappa shape index (κ2) is 14.2. The zero-order valence-electron chi connectivity index (χ0n) is 18.8. The first-order valence-electron chi connectivity index (χ1n) is 10.6. The van der Waals surface area contributed by atoms with Gasteiger partial charge >= 0.3 is 0 Å². The molecule has 0 spiro atoms. The van der Waals surface area contributed by atoms with Crippen LogP contribution in [0.15, 0.2) is 35.3 Å². The predicted molar refractivity (Wildman–Crippen MR) is 133 cm³/mol. The molecule has 7 nitrogen and oxygen atoms in total. The molecule has 1 heterocycles. The van der Waals surface area contributed by atoms with E-state index in [1.165, 1.54) is 0 Å². The molecule has 1 fully saturated rings. The van der Waals surface area contributed by atoms with Gasteiger partial charge in [-0.05, 0) is 33.3 Å². The maximum atomic E-state index is 10.3. The summed E-state index contributed by atoms with van der Waals surface area (Å²) >= 11 is 0. The standard InChI is InChI=1S/C22H38N4O3.HI/c1-5-23-21(25-17-22(3,4)26-11-13-28-14-12-26)24-15-20(27)16-29-18(2)19-9-7-6-8-10-19;/h6-10,18,20,27H,5,11-17H2,1-4H3,(H2,23,24,25);1H. The van der Waals surface area contributed by atoms with E-state index in [4.69, 9.17) is 14.5 Å². The lowest BCUT2D eigenvalue weighted by Gasteiger charge is -2.39. The van der Waals surface area contributed by atoms with E-state index in [0.717, 1.165) is 38.4 Å². The number of aliphatic hydroxyl groups is 1. The number of aliphatic imine (C=N–C) groups is 1. The lowest BCUT2D eigenvalue weighted by molar-refractivity contribution is -0.00691. The van der Waals surface area contributed by atoms with Gasteiger partial charge in [-0.2, -0.15) is 0 Å². The fourth-order valence-electron chi connectivity index (χ4n) is 3.23. The highest BCUT2D eigenvalue weighted by Crippen LogP contribution is 2.17. The molecule has 8 heteroatoms. The van der Waals surface area contributed by atoms with Crippen LogP contribution in [0.25, 0.3) is 0 Å². The second-order valence-corrected chi connectivity index (χ2v) is 8.03. The molecule has 1 aliphatic heterocycles. The third kappa shape index (κ3) is 9.47. The van der Waals surface area contributed by atoms with Gasteiger partial charge in [0.25, 0.3) is 0 Å². The summed E-state index contributed by atoms with van der Waals surface area (Å²) in [4.78, 5) is 7.15. The highest BCUT2D eigenvalue weighted by Gasteiger charge is 2.28. The van der Waals surface area contributed by atoms with Gasteiger partial charge in [0, 0.05) is 31.7 Å². The van der Waals surface area contributed by atoms with Gasteiger partial charge in [-0.1, -0.05) is 30.3 Å². The van der Waals surface area contributed by atoms with Crippen molar-refractivity contribution in [2.24, 2.45) is 4.99 Å². The van der Waals surface area contributed by atoms with Gasteiger partial charge in [0.1, 0.15) is 0 Å². The first-order valence-corrected chi connectivity index (χ1v) is 10.6. The molecule has 1 aromatic rings. The van der Waals surface area contributed by atoms with Crippen LogP contribution >= 0.6 is 24.0 Å². The Morgan fingerprint density at radius 1 is 1.23 bits per heavy atom. The molecule has 3 N–H and O–H groups in total. The average Bonchev–Trinajstić information content (AvgIpc) is 2.75. The minimum absolute atomic E-state index is 0. The monoisotopic (exact) mass is 534 g/mol. The van der Waals surface area contributed by atoms with Crippen LogP contribution in [0.4, 0.5) is 0 Å². The van der Waals surface area contributed by atoms with Gasteiger partial charge in [-0.3, -0.25) is 9.89 Å². The quantitative estimate of drug-likeness (QED) is 0.243. The van der Waals surface area contributed by atoms with Crippen molar-refractivity contribution in [2.45, 2.75) is 45.4 Å². The summed E-state index contributed by atoms with van der Waals surface area (Å²) in [5, 5.41) is 16.8. The van der Waals surface area contributed by atoms with Crippen LogP contribution in [0.1, 0.15) is 39.4 Å². The number of guanidine groups is 1. The second-order valence-electron chi connectivity index (χ2n) is 8.03. The summed E-state index contributed by atoms with van der Waals surface area (Å²) in [7, 11) is 0. The highest BCUT2D eigenvalue weighted by molar-refractivity contribution is 14.0. The van der Waals surface area contributed by atoms with Gasteiger partial charge < -0.3 is 25.2 Å². The molecule has 2 rings (SSSR count). The normalized spacial score (nSPS) is 17.7. The van der Waals surface area contributed by atoms with Crippen molar-refractivity contribution in [3.63, 3.8) is 0 Å². The zero-order valence-corrected chi connectivity index (χ0v) is 21.1. The Labute approximate surface area is 198 Å². The maximum Gasteiger partial charge on any atom is 0.191 e. The summed E-state index contributed by atoms with van der Waals surface area (Å²) in [6.07, 6.45) is -0.667. The molecular formula is C22H39IN4O3. The number of morpholine rings is 1. The van der Waals surface area contributed by atoms with E-state index >= 15 is 0 Å².